The van der Waals surface area contributed by atoms with Gasteiger partial charge in [0.1, 0.15) is 0 Å². The van der Waals surface area contributed by atoms with Crippen molar-refractivity contribution in [2.45, 2.75) is 27.7 Å². The van der Waals surface area contributed by atoms with Crippen LogP contribution >= 0.6 is 0 Å². The summed E-state index contributed by atoms with van der Waals surface area (Å²) in [5, 5.41) is 5.36. The fraction of sp³-hybridized carbons (Fsp3) is 0.167. The van der Waals surface area contributed by atoms with Gasteiger partial charge >= 0.3 is 0 Å². The lowest BCUT2D eigenvalue weighted by atomic mass is 9.88. The average molecular weight is 310 g/mol. The molecule has 118 valence electrons. The fourth-order valence-electron chi connectivity index (χ4n) is 4.03. The first kappa shape index (κ1) is 15.0. The van der Waals surface area contributed by atoms with E-state index in [0.29, 0.717) is 0 Å². The van der Waals surface area contributed by atoms with Gasteiger partial charge in [-0.2, -0.15) is 0 Å². The van der Waals surface area contributed by atoms with E-state index >= 15 is 0 Å². The number of aryl methyl sites for hydroxylation is 4. The number of hydrogen-bond donors (Lipinski definition) is 0. The zero-order valence-electron chi connectivity index (χ0n) is 14.8. The molecule has 0 fully saturated rings. The highest BCUT2D eigenvalue weighted by Crippen LogP contribution is 2.39. The molecule has 4 aromatic carbocycles. The van der Waals surface area contributed by atoms with Crippen LogP contribution in [-0.2, 0) is 0 Å². The molecule has 0 aliphatic heterocycles. The van der Waals surface area contributed by atoms with Crippen LogP contribution in [0.1, 0.15) is 22.3 Å². The van der Waals surface area contributed by atoms with E-state index in [9.17, 15) is 0 Å². The number of fused-ring (bicyclic) bond motifs is 2. The van der Waals surface area contributed by atoms with Crippen LogP contribution in [0.2, 0.25) is 0 Å². The van der Waals surface area contributed by atoms with E-state index in [1.165, 1.54) is 54.9 Å². The van der Waals surface area contributed by atoms with Crippen LogP contribution in [0.5, 0.6) is 0 Å². The van der Waals surface area contributed by atoms with Crippen LogP contribution in [0, 0.1) is 27.7 Å². The van der Waals surface area contributed by atoms with Crippen molar-refractivity contribution < 1.29 is 0 Å². The molecule has 0 aliphatic rings. The zero-order valence-corrected chi connectivity index (χ0v) is 14.8. The van der Waals surface area contributed by atoms with E-state index < -0.39 is 0 Å². The summed E-state index contributed by atoms with van der Waals surface area (Å²) in [6, 6.07) is 22.5. The lowest BCUT2D eigenvalue weighted by Crippen LogP contribution is -1.91. The van der Waals surface area contributed by atoms with Gasteiger partial charge in [0, 0.05) is 0 Å². The molecule has 0 nitrogen and oxygen atoms in total. The lowest BCUT2D eigenvalue weighted by Gasteiger charge is -2.16. The van der Waals surface area contributed by atoms with Gasteiger partial charge in [0.2, 0.25) is 0 Å². The summed E-state index contributed by atoms with van der Waals surface area (Å²) in [5.41, 5.74) is 7.99. The summed E-state index contributed by atoms with van der Waals surface area (Å²) < 4.78 is 0. The lowest BCUT2D eigenvalue weighted by molar-refractivity contribution is 1.38. The highest BCUT2D eigenvalue weighted by molar-refractivity contribution is 6.13. The zero-order chi connectivity index (χ0) is 16.8. The van der Waals surface area contributed by atoms with E-state index in [-0.39, 0.29) is 0 Å². The van der Waals surface area contributed by atoms with Gasteiger partial charge < -0.3 is 0 Å². The SMILES string of the molecule is Cc1cc(C)cc(-c2c3ccccc3cc3cc(C)cc(C)c23)c1. The largest absolute Gasteiger partial charge is 0.0616 e. The van der Waals surface area contributed by atoms with Crippen molar-refractivity contribution in [3.05, 3.63) is 82.9 Å². The maximum atomic E-state index is 2.33. The van der Waals surface area contributed by atoms with Crippen LogP contribution in [0.4, 0.5) is 0 Å². The minimum Gasteiger partial charge on any atom is -0.0616 e. The molecular weight excluding hydrogens is 288 g/mol. The van der Waals surface area contributed by atoms with Crippen LogP contribution in [0.3, 0.4) is 0 Å². The van der Waals surface area contributed by atoms with Crippen LogP contribution in [0.15, 0.2) is 60.7 Å². The van der Waals surface area contributed by atoms with Gasteiger partial charge in [-0.3, -0.25) is 0 Å². The monoisotopic (exact) mass is 310 g/mol. The Kier molecular flexibility index (Phi) is 3.42. The van der Waals surface area contributed by atoms with Crippen molar-refractivity contribution in [2.75, 3.05) is 0 Å². The van der Waals surface area contributed by atoms with Crippen LogP contribution in [0.25, 0.3) is 32.7 Å². The van der Waals surface area contributed by atoms with Crippen molar-refractivity contribution in [1.29, 1.82) is 0 Å². The van der Waals surface area contributed by atoms with E-state index in [4.69, 9.17) is 0 Å². The Labute approximate surface area is 143 Å². The maximum Gasteiger partial charge on any atom is -0.00239 e. The Hall–Kier alpha value is -2.60. The molecular formula is C24H22. The Morgan fingerprint density at radius 2 is 1.25 bits per heavy atom. The Bertz CT molecular complexity index is 1060. The first-order valence-corrected chi connectivity index (χ1v) is 8.54. The first-order valence-electron chi connectivity index (χ1n) is 8.54. The Balaban J connectivity index is 2.25. The molecule has 0 saturated carbocycles. The molecule has 0 N–H and O–H groups in total. The molecule has 24 heavy (non-hydrogen) atoms. The second-order valence-corrected chi connectivity index (χ2v) is 7.03. The van der Waals surface area contributed by atoms with E-state index in [2.05, 4.69) is 88.4 Å². The van der Waals surface area contributed by atoms with Gasteiger partial charge in [-0.25, -0.2) is 0 Å². The molecule has 4 aromatic rings. The normalized spacial score (nSPS) is 11.3. The van der Waals surface area contributed by atoms with Crippen molar-refractivity contribution >= 4 is 21.5 Å². The summed E-state index contributed by atoms with van der Waals surface area (Å²) >= 11 is 0. The molecule has 0 heterocycles. The third-order valence-corrected chi connectivity index (χ3v) is 4.81. The van der Waals surface area contributed by atoms with Gasteiger partial charge in [-0.05, 0) is 72.0 Å². The Morgan fingerprint density at radius 1 is 0.583 bits per heavy atom. The van der Waals surface area contributed by atoms with Crippen molar-refractivity contribution in [3.63, 3.8) is 0 Å². The standard InChI is InChI=1S/C24H22/c1-15-9-16(2)12-20(11-15)24-22-8-6-5-7-19(22)14-21-13-17(3)10-18(4)23(21)24/h5-14H,1-4H3. The molecule has 0 spiro atoms. The van der Waals surface area contributed by atoms with Crippen molar-refractivity contribution in [3.8, 4) is 11.1 Å². The molecule has 0 atom stereocenters. The van der Waals surface area contributed by atoms with Crippen LogP contribution in [-0.4, -0.2) is 0 Å². The minimum absolute atomic E-state index is 1.31. The smallest absolute Gasteiger partial charge is 0.00239 e. The summed E-state index contributed by atoms with van der Waals surface area (Å²) in [6.45, 7) is 8.77. The molecule has 4 rings (SSSR count). The minimum atomic E-state index is 1.31. The molecule has 0 amide bonds. The number of benzene rings is 4. The topological polar surface area (TPSA) is 0 Å². The highest BCUT2D eigenvalue weighted by atomic mass is 14.2. The van der Waals surface area contributed by atoms with Gasteiger partial charge in [-0.15, -0.1) is 0 Å². The predicted molar refractivity (Wildman–Crippen MR) is 106 cm³/mol. The van der Waals surface area contributed by atoms with Gasteiger partial charge in [0.25, 0.3) is 0 Å². The maximum absolute atomic E-state index is 2.33. The molecule has 0 aliphatic carbocycles. The quantitative estimate of drug-likeness (QED) is 0.336. The average Bonchev–Trinajstić information content (AvgIpc) is 2.51. The second-order valence-electron chi connectivity index (χ2n) is 7.03. The molecule has 0 heteroatoms. The molecule has 0 aromatic heterocycles. The van der Waals surface area contributed by atoms with E-state index in [0.717, 1.165) is 0 Å². The molecule has 0 unspecified atom stereocenters. The molecule has 0 bridgehead atoms. The number of rotatable bonds is 1. The first-order chi connectivity index (χ1) is 11.5. The summed E-state index contributed by atoms with van der Waals surface area (Å²) in [7, 11) is 0. The summed E-state index contributed by atoms with van der Waals surface area (Å²) in [6.07, 6.45) is 0. The van der Waals surface area contributed by atoms with E-state index in [1.54, 1.807) is 0 Å². The third-order valence-electron chi connectivity index (χ3n) is 4.81. The third kappa shape index (κ3) is 2.39. The van der Waals surface area contributed by atoms with Crippen molar-refractivity contribution in [1.82, 2.24) is 0 Å². The van der Waals surface area contributed by atoms with Gasteiger partial charge in [0.05, 0.1) is 0 Å². The molecule has 0 radical (unpaired) electrons. The van der Waals surface area contributed by atoms with Gasteiger partial charge in [0.15, 0.2) is 0 Å². The summed E-state index contributed by atoms with van der Waals surface area (Å²) in [5.74, 6) is 0. The van der Waals surface area contributed by atoms with E-state index in [1.807, 2.05) is 0 Å². The molecule has 0 saturated heterocycles. The van der Waals surface area contributed by atoms with Gasteiger partial charge in [-0.1, -0.05) is 71.3 Å². The van der Waals surface area contributed by atoms with Crippen molar-refractivity contribution in [2.24, 2.45) is 0 Å². The second kappa shape index (κ2) is 5.49. The summed E-state index contributed by atoms with van der Waals surface area (Å²) in [4.78, 5) is 0. The van der Waals surface area contributed by atoms with Crippen LogP contribution < -0.4 is 0 Å². The fourth-order valence-corrected chi connectivity index (χ4v) is 4.03. The highest BCUT2D eigenvalue weighted by Gasteiger charge is 2.12. The number of hydrogen-bond acceptors (Lipinski definition) is 0. The Morgan fingerprint density at radius 3 is 2.00 bits per heavy atom. The predicted octanol–water partition coefficient (Wildman–Crippen LogP) is 6.89.